The largest absolute Gasteiger partial charge is 0.351 e. The molecule has 2 N–H and O–H groups in total. The van der Waals surface area contributed by atoms with Crippen molar-refractivity contribution in [1.29, 1.82) is 0 Å². The van der Waals surface area contributed by atoms with Crippen LogP contribution in [-0.2, 0) is 14.6 Å². The molecule has 0 saturated carbocycles. The maximum atomic E-state index is 13.7. The van der Waals surface area contributed by atoms with Crippen molar-refractivity contribution in [3.8, 4) is 0 Å². The maximum absolute atomic E-state index is 13.7. The Morgan fingerprint density at radius 1 is 1.25 bits per heavy atom. The van der Waals surface area contributed by atoms with E-state index in [4.69, 9.17) is 0 Å². The minimum absolute atomic E-state index is 0.0475. The highest BCUT2D eigenvalue weighted by Crippen LogP contribution is 2.13. The van der Waals surface area contributed by atoms with Crippen LogP contribution in [0.15, 0.2) is 24.3 Å². The minimum atomic E-state index is -3.11. The minimum Gasteiger partial charge on any atom is -0.351 e. The number of benzene rings is 1. The normalized spacial score (nSPS) is 20.6. The van der Waals surface area contributed by atoms with Crippen molar-refractivity contribution < 1.29 is 22.4 Å². The zero-order chi connectivity index (χ0) is 17.9. The summed E-state index contributed by atoms with van der Waals surface area (Å²) >= 11 is 0. The first-order chi connectivity index (χ1) is 11.2. The predicted octanol–water partition coefficient (Wildman–Crippen LogP) is 0.883. The fraction of sp³-hybridized carbons (Fsp3) is 0.500. The molecule has 2 rings (SSSR count). The number of hydrogen-bond acceptors (Lipinski definition) is 4. The molecular weight excluding hydrogens is 335 g/mol. The number of hydrogen-bond donors (Lipinski definition) is 2. The lowest BCUT2D eigenvalue weighted by Crippen LogP contribution is -2.52. The van der Waals surface area contributed by atoms with Crippen LogP contribution in [-0.4, -0.2) is 43.8 Å². The number of carbonyl (C=O) groups excluding carboxylic acids is 2. The summed E-state index contributed by atoms with van der Waals surface area (Å²) in [5, 5.41) is 5.19. The standard InChI is InChI=1S/C16H21FN2O4S/c1-10(2)14(16(21)18-11-7-8-24(22,23)9-11)19-15(20)12-5-3-4-6-13(12)17/h3-6,10-11,14H,7-9H2,1-2H3,(H,18,21)(H,19,20)/t11?,14-/m0/s1. The Kier molecular flexibility index (Phi) is 5.58. The molecule has 1 aromatic carbocycles. The molecule has 24 heavy (non-hydrogen) atoms. The topological polar surface area (TPSA) is 92.3 Å². The maximum Gasteiger partial charge on any atom is 0.254 e. The van der Waals surface area contributed by atoms with Crippen LogP contribution in [0, 0.1) is 11.7 Å². The van der Waals surface area contributed by atoms with E-state index in [2.05, 4.69) is 10.6 Å². The van der Waals surface area contributed by atoms with Gasteiger partial charge in [-0.15, -0.1) is 0 Å². The quantitative estimate of drug-likeness (QED) is 0.819. The van der Waals surface area contributed by atoms with Crippen molar-refractivity contribution in [2.75, 3.05) is 11.5 Å². The summed E-state index contributed by atoms with van der Waals surface area (Å²) in [6, 6.07) is 4.19. The van der Waals surface area contributed by atoms with Gasteiger partial charge in [0.25, 0.3) is 5.91 Å². The van der Waals surface area contributed by atoms with Gasteiger partial charge in [0.1, 0.15) is 11.9 Å². The molecule has 0 bridgehead atoms. The van der Waals surface area contributed by atoms with Crippen LogP contribution in [0.2, 0.25) is 0 Å². The van der Waals surface area contributed by atoms with Crippen LogP contribution in [0.5, 0.6) is 0 Å². The highest BCUT2D eigenvalue weighted by molar-refractivity contribution is 7.91. The Labute approximate surface area is 140 Å². The number of nitrogens with one attached hydrogen (secondary N) is 2. The van der Waals surface area contributed by atoms with Gasteiger partial charge in [-0.05, 0) is 24.5 Å². The summed E-state index contributed by atoms with van der Waals surface area (Å²) in [4.78, 5) is 24.6. The molecule has 0 aliphatic carbocycles. The number of carbonyl (C=O) groups is 2. The molecule has 0 aromatic heterocycles. The van der Waals surface area contributed by atoms with Crippen molar-refractivity contribution in [1.82, 2.24) is 10.6 Å². The van der Waals surface area contributed by atoms with Gasteiger partial charge in [-0.2, -0.15) is 0 Å². The zero-order valence-electron chi connectivity index (χ0n) is 13.6. The van der Waals surface area contributed by atoms with Gasteiger partial charge in [-0.1, -0.05) is 26.0 Å². The van der Waals surface area contributed by atoms with E-state index in [1.165, 1.54) is 24.3 Å². The van der Waals surface area contributed by atoms with Crippen molar-refractivity contribution in [3.63, 3.8) is 0 Å². The van der Waals surface area contributed by atoms with E-state index in [1.54, 1.807) is 13.8 Å². The Balaban J connectivity index is 2.05. The van der Waals surface area contributed by atoms with E-state index in [9.17, 15) is 22.4 Å². The van der Waals surface area contributed by atoms with Crippen molar-refractivity contribution in [2.24, 2.45) is 5.92 Å². The zero-order valence-corrected chi connectivity index (χ0v) is 14.4. The van der Waals surface area contributed by atoms with Gasteiger partial charge in [0.15, 0.2) is 9.84 Å². The highest BCUT2D eigenvalue weighted by atomic mass is 32.2. The Hall–Kier alpha value is -1.96. The molecule has 6 nitrogen and oxygen atoms in total. The molecule has 0 spiro atoms. The van der Waals surface area contributed by atoms with Crippen molar-refractivity contribution in [2.45, 2.75) is 32.4 Å². The number of halogens is 1. The Morgan fingerprint density at radius 2 is 1.92 bits per heavy atom. The molecule has 1 aliphatic rings. The van der Waals surface area contributed by atoms with Gasteiger partial charge in [0, 0.05) is 6.04 Å². The lowest BCUT2D eigenvalue weighted by Gasteiger charge is -2.23. The van der Waals surface area contributed by atoms with Crippen LogP contribution >= 0.6 is 0 Å². The lowest BCUT2D eigenvalue weighted by molar-refractivity contribution is -0.124. The second-order valence-corrected chi connectivity index (χ2v) is 8.51. The van der Waals surface area contributed by atoms with Crippen LogP contribution in [0.25, 0.3) is 0 Å². The van der Waals surface area contributed by atoms with Gasteiger partial charge < -0.3 is 10.6 Å². The fourth-order valence-corrected chi connectivity index (χ4v) is 4.27. The van der Waals surface area contributed by atoms with E-state index in [-0.39, 0.29) is 23.0 Å². The number of rotatable bonds is 5. The molecule has 1 saturated heterocycles. The first kappa shape index (κ1) is 18.4. The first-order valence-corrected chi connectivity index (χ1v) is 9.58. The second kappa shape index (κ2) is 7.29. The van der Waals surface area contributed by atoms with E-state index in [0.29, 0.717) is 6.42 Å². The lowest BCUT2D eigenvalue weighted by atomic mass is 10.0. The van der Waals surface area contributed by atoms with Crippen LogP contribution < -0.4 is 10.6 Å². The molecule has 1 fully saturated rings. The molecule has 2 atom stereocenters. The van der Waals surface area contributed by atoms with Gasteiger partial charge in [0.05, 0.1) is 17.1 Å². The molecule has 1 heterocycles. The monoisotopic (exact) mass is 356 g/mol. The second-order valence-electron chi connectivity index (χ2n) is 6.28. The fourth-order valence-electron chi connectivity index (χ4n) is 2.60. The molecule has 0 radical (unpaired) electrons. The SMILES string of the molecule is CC(C)[C@H](NC(=O)c1ccccc1F)C(=O)NC1CCS(=O)(=O)C1. The smallest absolute Gasteiger partial charge is 0.254 e. The Morgan fingerprint density at radius 3 is 2.46 bits per heavy atom. The Bertz CT molecular complexity index is 733. The van der Waals surface area contributed by atoms with E-state index in [1.807, 2.05) is 0 Å². The van der Waals surface area contributed by atoms with Gasteiger partial charge in [0.2, 0.25) is 5.91 Å². The molecular formula is C16H21FN2O4S. The molecule has 1 aromatic rings. The molecule has 8 heteroatoms. The third-order valence-electron chi connectivity index (χ3n) is 3.93. The van der Waals surface area contributed by atoms with Crippen molar-refractivity contribution in [3.05, 3.63) is 35.6 Å². The molecule has 1 unspecified atom stereocenters. The van der Waals surface area contributed by atoms with Crippen LogP contribution in [0.3, 0.4) is 0 Å². The summed E-state index contributed by atoms with van der Waals surface area (Å²) < 4.78 is 36.6. The summed E-state index contributed by atoms with van der Waals surface area (Å²) in [7, 11) is -3.11. The van der Waals surface area contributed by atoms with E-state index < -0.39 is 39.6 Å². The third kappa shape index (κ3) is 4.53. The van der Waals surface area contributed by atoms with Gasteiger partial charge >= 0.3 is 0 Å². The number of sulfone groups is 1. The molecule has 132 valence electrons. The molecule has 1 aliphatic heterocycles. The highest BCUT2D eigenvalue weighted by Gasteiger charge is 2.32. The van der Waals surface area contributed by atoms with Crippen LogP contribution in [0.1, 0.15) is 30.6 Å². The average Bonchev–Trinajstić information content (AvgIpc) is 2.83. The van der Waals surface area contributed by atoms with Gasteiger partial charge in [-0.25, -0.2) is 12.8 Å². The number of amides is 2. The summed E-state index contributed by atoms with van der Waals surface area (Å²) in [5.41, 5.74) is -0.139. The summed E-state index contributed by atoms with van der Waals surface area (Å²) in [6.07, 6.45) is 0.361. The summed E-state index contributed by atoms with van der Waals surface area (Å²) in [5.74, 6) is -2.09. The van der Waals surface area contributed by atoms with Crippen LogP contribution in [0.4, 0.5) is 4.39 Å². The average molecular weight is 356 g/mol. The van der Waals surface area contributed by atoms with E-state index in [0.717, 1.165) is 0 Å². The van der Waals surface area contributed by atoms with E-state index >= 15 is 0 Å². The van der Waals surface area contributed by atoms with Gasteiger partial charge in [-0.3, -0.25) is 9.59 Å². The van der Waals surface area contributed by atoms with Crippen molar-refractivity contribution >= 4 is 21.7 Å². The molecule has 2 amide bonds. The third-order valence-corrected chi connectivity index (χ3v) is 5.70. The predicted molar refractivity (Wildman–Crippen MR) is 87.7 cm³/mol. The summed E-state index contributed by atoms with van der Waals surface area (Å²) in [6.45, 7) is 3.49. The first-order valence-electron chi connectivity index (χ1n) is 7.76.